The highest BCUT2D eigenvalue weighted by Gasteiger charge is 2.24. The Labute approximate surface area is 137 Å². The fourth-order valence-electron chi connectivity index (χ4n) is 3.49. The third kappa shape index (κ3) is 5.86. The van der Waals surface area contributed by atoms with Crippen LogP contribution in [0, 0.1) is 0 Å². The molecular formula is C17H36N4O. The van der Waals surface area contributed by atoms with Crippen LogP contribution in [0.5, 0.6) is 0 Å². The van der Waals surface area contributed by atoms with E-state index in [0.29, 0.717) is 24.2 Å². The maximum Gasteiger partial charge on any atom is 0.209 e. The normalized spacial score (nSPS) is 27.7. The monoisotopic (exact) mass is 312 g/mol. The molecule has 2 saturated heterocycles. The highest BCUT2D eigenvalue weighted by Crippen LogP contribution is 2.11. The lowest BCUT2D eigenvalue weighted by Crippen LogP contribution is -2.53. The van der Waals surface area contributed by atoms with Crippen molar-refractivity contribution in [1.82, 2.24) is 20.0 Å². The number of nitrogens with zero attached hydrogens (tertiary/aromatic N) is 3. The lowest BCUT2D eigenvalue weighted by Gasteiger charge is -2.40. The second-order valence-electron chi connectivity index (χ2n) is 7.17. The number of hydrogen-bond acceptors (Lipinski definition) is 4. The minimum Gasteiger partial charge on any atom is -0.342 e. The number of amides is 1. The van der Waals surface area contributed by atoms with Gasteiger partial charge in [0.05, 0.1) is 0 Å². The van der Waals surface area contributed by atoms with E-state index in [1.165, 1.54) is 6.54 Å². The lowest BCUT2D eigenvalue weighted by atomic mass is 10.1. The molecule has 5 heteroatoms. The predicted octanol–water partition coefficient (Wildman–Crippen LogP) is 1.25. The smallest absolute Gasteiger partial charge is 0.209 e. The summed E-state index contributed by atoms with van der Waals surface area (Å²) in [5.74, 6) is 0. The van der Waals surface area contributed by atoms with E-state index in [0.717, 1.165) is 39.1 Å². The molecule has 0 bridgehead atoms. The second kappa shape index (κ2) is 9.48. The molecule has 22 heavy (non-hydrogen) atoms. The van der Waals surface area contributed by atoms with E-state index in [2.05, 4.69) is 56.7 Å². The van der Waals surface area contributed by atoms with Gasteiger partial charge in [-0.25, -0.2) is 0 Å². The van der Waals surface area contributed by atoms with Gasteiger partial charge < -0.3 is 10.2 Å². The molecule has 0 spiro atoms. The van der Waals surface area contributed by atoms with Gasteiger partial charge in [0.2, 0.25) is 6.41 Å². The van der Waals surface area contributed by atoms with E-state index in [9.17, 15) is 4.79 Å². The van der Waals surface area contributed by atoms with E-state index in [4.69, 9.17) is 0 Å². The van der Waals surface area contributed by atoms with Crippen LogP contribution >= 0.6 is 0 Å². The number of carbonyl (C=O) groups is 1. The summed E-state index contributed by atoms with van der Waals surface area (Å²) in [5, 5.41) is 3.38. The van der Waals surface area contributed by atoms with E-state index < -0.39 is 0 Å². The molecule has 1 N–H and O–H groups in total. The van der Waals surface area contributed by atoms with Crippen LogP contribution in [0.25, 0.3) is 0 Å². The Kier molecular flexibility index (Phi) is 8.36. The molecule has 2 atom stereocenters. The van der Waals surface area contributed by atoms with E-state index in [1.54, 1.807) is 0 Å². The highest BCUT2D eigenvalue weighted by atomic mass is 16.1. The van der Waals surface area contributed by atoms with Gasteiger partial charge in [-0.05, 0) is 41.5 Å². The molecule has 0 saturated carbocycles. The van der Waals surface area contributed by atoms with Gasteiger partial charge in [0.25, 0.3) is 0 Å². The van der Waals surface area contributed by atoms with Crippen LogP contribution in [0.2, 0.25) is 0 Å². The van der Waals surface area contributed by atoms with Gasteiger partial charge in [0.15, 0.2) is 0 Å². The van der Waals surface area contributed by atoms with E-state index in [-0.39, 0.29) is 0 Å². The SMILES string of the molecule is CC(C)N1CCN(C=O)CC1C.CC(C)N1CCNCC1C. The first kappa shape index (κ1) is 19.4. The summed E-state index contributed by atoms with van der Waals surface area (Å²) in [4.78, 5) is 17.3. The molecule has 130 valence electrons. The Hall–Kier alpha value is -0.650. The molecule has 5 nitrogen and oxygen atoms in total. The molecule has 2 fully saturated rings. The molecule has 2 rings (SSSR count). The Morgan fingerprint density at radius 3 is 1.95 bits per heavy atom. The number of piperazine rings is 2. The minimum absolute atomic E-state index is 0.504. The zero-order valence-electron chi connectivity index (χ0n) is 15.4. The van der Waals surface area contributed by atoms with Crippen molar-refractivity contribution in [1.29, 1.82) is 0 Å². The van der Waals surface area contributed by atoms with Crippen molar-refractivity contribution in [3.63, 3.8) is 0 Å². The van der Waals surface area contributed by atoms with Crippen LogP contribution < -0.4 is 5.32 Å². The summed E-state index contributed by atoms with van der Waals surface area (Å²) in [6.07, 6.45) is 0.953. The third-order valence-corrected chi connectivity index (χ3v) is 4.74. The zero-order valence-corrected chi connectivity index (χ0v) is 15.4. The molecular weight excluding hydrogens is 276 g/mol. The van der Waals surface area contributed by atoms with Gasteiger partial charge in [-0.1, -0.05) is 0 Å². The van der Waals surface area contributed by atoms with Crippen LogP contribution in [0.3, 0.4) is 0 Å². The summed E-state index contributed by atoms with van der Waals surface area (Å²) < 4.78 is 0. The van der Waals surface area contributed by atoms with Crippen molar-refractivity contribution in [2.45, 2.75) is 65.7 Å². The lowest BCUT2D eigenvalue weighted by molar-refractivity contribution is -0.121. The summed E-state index contributed by atoms with van der Waals surface area (Å²) in [7, 11) is 0. The first-order valence-electron chi connectivity index (χ1n) is 8.78. The minimum atomic E-state index is 0.504. The third-order valence-electron chi connectivity index (χ3n) is 4.74. The van der Waals surface area contributed by atoms with Crippen molar-refractivity contribution in [2.75, 3.05) is 39.3 Å². The molecule has 2 aliphatic heterocycles. The van der Waals surface area contributed by atoms with Crippen LogP contribution in [0.4, 0.5) is 0 Å². The second-order valence-corrected chi connectivity index (χ2v) is 7.17. The summed E-state index contributed by atoms with van der Waals surface area (Å²) in [5.41, 5.74) is 0. The topological polar surface area (TPSA) is 38.8 Å². The molecule has 0 aromatic carbocycles. The number of hydrogen-bond donors (Lipinski definition) is 1. The summed E-state index contributed by atoms with van der Waals surface area (Å²) in [6, 6.07) is 2.52. The first-order valence-corrected chi connectivity index (χ1v) is 8.78. The molecule has 0 aromatic rings. The van der Waals surface area contributed by atoms with Crippen LogP contribution in [-0.2, 0) is 4.79 Å². The van der Waals surface area contributed by atoms with Crippen molar-refractivity contribution < 1.29 is 4.79 Å². The Morgan fingerprint density at radius 2 is 1.55 bits per heavy atom. The van der Waals surface area contributed by atoms with Crippen molar-refractivity contribution in [3.05, 3.63) is 0 Å². The Balaban J connectivity index is 0.000000224. The van der Waals surface area contributed by atoms with Crippen LogP contribution in [-0.4, -0.2) is 84.5 Å². The maximum absolute atomic E-state index is 10.5. The molecule has 0 aromatic heterocycles. The van der Waals surface area contributed by atoms with Crippen molar-refractivity contribution >= 4 is 6.41 Å². The standard InChI is InChI=1S/C9H18N2O.C8H18N2/c1-8(2)11-5-4-10(7-12)6-9(11)3;1-7(2)10-5-4-9-6-8(10)3/h7-9H,4-6H2,1-3H3;7-9H,4-6H2,1-3H3. The molecule has 2 heterocycles. The summed E-state index contributed by atoms with van der Waals surface area (Å²) in [6.45, 7) is 19.7. The molecule has 1 amide bonds. The van der Waals surface area contributed by atoms with Gasteiger partial charge in [0, 0.05) is 63.4 Å². The molecule has 2 aliphatic rings. The number of carbonyl (C=O) groups excluding carboxylic acids is 1. The largest absolute Gasteiger partial charge is 0.342 e. The van der Waals surface area contributed by atoms with Crippen molar-refractivity contribution in [2.24, 2.45) is 0 Å². The molecule has 2 unspecified atom stereocenters. The van der Waals surface area contributed by atoms with E-state index in [1.807, 2.05) is 4.90 Å². The maximum atomic E-state index is 10.5. The molecule has 0 aliphatic carbocycles. The van der Waals surface area contributed by atoms with Gasteiger partial charge in [-0.15, -0.1) is 0 Å². The van der Waals surface area contributed by atoms with Crippen molar-refractivity contribution in [3.8, 4) is 0 Å². The fraction of sp³-hybridized carbons (Fsp3) is 0.941. The van der Waals surface area contributed by atoms with Gasteiger partial charge in [-0.2, -0.15) is 0 Å². The highest BCUT2D eigenvalue weighted by molar-refractivity contribution is 5.47. The number of rotatable bonds is 3. The average molecular weight is 313 g/mol. The summed E-state index contributed by atoms with van der Waals surface area (Å²) >= 11 is 0. The number of nitrogens with one attached hydrogen (secondary N) is 1. The van der Waals surface area contributed by atoms with Gasteiger partial charge in [0.1, 0.15) is 0 Å². The van der Waals surface area contributed by atoms with Gasteiger partial charge in [-0.3, -0.25) is 14.6 Å². The Bertz CT molecular complexity index is 322. The van der Waals surface area contributed by atoms with Crippen LogP contribution in [0.1, 0.15) is 41.5 Å². The Morgan fingerprint density at radius 1 is 0.955 bits per heavy atom. The first-order chi connectivity index (χ1) is 10.4. The fourth-order valence-corrected chi connectivity index (χ4v) is 3.49. The molecule has 0 radical (unpaired) electrons. The average Bonchev–Trinajstić information content (AvgIpc) is 2.47. The quantitative estimate of drug-likeness (QED) is 0.796. The van der Waals surface area contributed by atoms with Gasteiger partial charge >= 0.3 is 0 Å². The predicted molar refractivity (Wildman–Crippen MR) is 93.1 cm³/mol. The zero-order chi connectivity index (χ0) is 16.7. The van der Waals surface area contributed by atoms with Crippen LogP contribution in [0.15, 0.2) is 0 Å². The van der Waals surface area contributed by atoms with E-state index >= 15 is 0 Å².